The highest BCUT2D eigenvalue weighted by Gasteiger charge is 2.24. The fraction of sp³-hybridized carbons (Fsp3) is 0.571. The largest absolute Gasteiger partial charge is 0.381 e. The van der Waals surface area contributed by atoms with E-state index in [0.717, 1.165) is 23.5 Å². The van der Waals surface area contributed by atoms with Gasteiger partial charge in [-0.2, -0.15) is 0 Å². The van der Waals surface area contributed by atoms with Crippen molar-refractivity contribution in [2.45, 2.75) is 77.1 Å². The summed E-state index contributed by atoms with van der Waals surface area (Å²) in [4.78, 5) is 5.76. The van der Waals surface area contributed by atoms with Gasteiger partial charge in [-0.05, 0) is 37.8 Å². The zero-order valence-corrected chi connectivity index (χ0v) is 17.8. The molecule has 1 rings (SSSR count). The third-order valence-corrected chi connectivity index (χ3v) is 4.76. The van der Waals surface area contributed by atoms with Gasteiger partial charge in [0, 0.05) is 27.7 Å². The molecule has 25 heavy (non-hydrogen) atoms. The van der Waals surface area contributed by atoms with Crippen LogP contribution in [0.15, 0.2) is 47.8 Å². The molecule has 0 spiro atoms. The van der Waals surface area contributed by atoms with E-state index in [4.69, 9.17) is 0 Å². The van der Waals surface area contributed by atoms with Crippen LogP contribution in [0.25, 0.3) is 0 Å². The number of aromatic nitrogens is 1. The Hall–Kier alpha value is -1.42. The Morgan fingerprint density at radius 1 is 1.20 bits per heavy atom. The molecule has 3 nitrogen and oxygen atoms in total. The molecule has 140 valence electrons. The van der Waals surface area contributed by atoms with Crippen molar-refractivity contribution in [2.75, 3.05) is 0 Å². The summed E-state index contributed by atoms with van der Waals surface area (Å²) in [5.41, 5.74) is 2.98. The number of nitrogens with one attached hydrogen (secondary N) is 2. The molecule has 0 aliphatic heterocycles. The van der Waals surface area contributed by atoms with Crippen molar-refractivity contribution in [1.29, 1.82) is 0 Å². The van der Waals surface area contributed by atoms with Crippen LogP contribution in [-0.2, 0) is 6.54 Å². The summed E-state index contributed by atoms with van der Waals surface area (Å²) in [5.74, 6) is 0. The molecule has 2 N–H and O–H groups in total. The lowest BCUT2D eigenvalue weighted by Crippen LogP contribution is -2.44. The van der Waals surface area contributed by atoms with E-state index in [1.165, 1.54) is 4.90 Å². The molecule has 4 heteroatoms. The number of allylic oxidation sites excluding steroid dienone is 1. The van der Waals surface area contributed by atoms with E-state index in [1.807, 2.05) is 24.0 Å². The predicted octanol–water partition coefficient (Wildman–Crippen LogP) is 5.50. The number of rotatable bonds is 9. The van der Waals surface area contributed by atoms with Gasteiger partial charge < -0.3 is 10.6 Å². The Morgan fingerprint density at radius 3 is 2.40 bits per heavy atom. The van der Waals surface area contributed by atoms with Gasteiger partial charge in [0.25, 0.3) is 0 Å². The second kappa shape index (κ2) is 8.79. The smallest absolute Gasteiger partial charge is 0.0730 e. The molecule has 1 heterocycles. The fourth-order valence-electron chi connectivity index (χ4n) is 2.53. The zero-order chi connectivity index (χ0) is 19.3. The molecule has 0 aliphatic rings. The third kappa shape index (κ3) is 8.00. The van der Waals surface area contributed by atoms with Crippen LogP contribution in [0.4, 0.5) is 0 Å². The lowest BCUT2D eigenvalue weighted by molar-refractivity contribution is 0.373. The number of hydrogen-bond acceptors (Lipinski definition) is 4. The molecule has 0 aromatic carbocycles. The summed E-state index contributed by atoms with van der Waals surface area (Å²) in [6.07, 6.45) is 2.78. The van der Waals surface area contributed by atoms with Crippen molar-refractivity contribution in [1.82, 2.24) is 15.6 Å². The Balaban J connectivity index is 2.68. The SMILES string of the molecule is C=C(CC(C)(C)C)NC(C)(C)C(=C)NCc1ncccc1SC(C)C. The van der Waals surface area contributed by atoms with Gasteiger partial charge in [-0.15, -0.1) is 11.8 Å². The van der Waals surface area contributed by atoms with Gasteiger partial charge >= 0.3 is 0 Å². The van der Waals surface area contributed by atoms with E-state index in [1.54, 1.807) is 0 Å². The molecule has 0 bridgehead atoms. The molecule has 0 aliphatic carbocycles. The highest BCUT2D eigenvalue weighted by molar-refractivity contribution is 8.00. The lowest BCUT2D eigenvalue weighted by Gasteiger charge is -2.33. The second-order valence-corrected chi connectivity index (χ2v) is 10.2. The average molecular weight is 362 g/mol. The van der Waals surface area contributed by atoms with Crippen LogP contribution in [0.1, 0.15) is 60.6 Å². The maximum absolute atomic E-state index is 4.53. The molecule has 1 aromatic rings. The molecular formula is C21H35N3S. The Labute approximate surface area is 158 Å². The average Bonchev–Trinajstić information content (AvgIpc) is 2.42. The van der Waals surface area contributed by atoms with Crippen molar-refractivity contribution in [2.24, 2.45) is 5.41 Å². The van der Waals surface area contributed by atoms with Crippen LogP contribution >= 0.6 is 11.8 Å². The summed E-state index contributed by atoms with van der Waals surface area (Å²) in [6.45, 7) is 24.4. The first kappa shape index (κ1) is 21.6. The fourth-order valence-corrected chi connectivity index (χ4v) is 3.46. The number of nitrogens with zero attached hydrogens (tertiary/aromatic N) is 1. The first-order chi connectivity index (χ1) is 11.4. The van der Waals surface area contributed by atoms with Gasteiger partial charge in [-0.3, -0.25) is 4.98 Å². The second-order valence-electron chi connectivity index (χ2n) is 8.54. The summed E-state index contributed by atoms with van der Waals surface area (Å²) < 4.78 is 0. The highest BCUT2D eigenvalue weighted by Crippen LogP contribution is 2.26. The normalized spacial score (nSPS) is 12.2. The minimum atomic E-state index is -0.275. The number of pyridine rings is 1. The highest BCUT2D eigenvalue weighted by atomic mass is 32.2. The van der Waals surface area contributed by atoms with Crippen LogP contribution in [0.3, 0.4) is 0 Å². The first-order valence-corrected chi connectivity index (χ1v) is 9.78. The molecule has 0 fully saturated rings. The zero-order valence-electron chi connectivity index (χ0n) is 17.0. The van der Waals surface area contributed by atoms with Crippen LogP contribution in [0, 0.1) is 5.41 Å². The number of hydrogen-bond donors (Lipinski definition) is 2. The quantitative estimate of drug-likeness (QED) is 0.569. The van der Waals surface area contributed by atoms with Gasteiger partial charge in [0.15, 0.2) is 0 Å². The van der Waals surface area contributed by atoms with Crippen LogP contribution in [-0.4, -0.2) is 15.8 Å². The van der Waals surface area contributed by atoms with Crippen molar-refractivity contribution in [3.63, 3.8) is 0 Å². The van der Waals surface area contributed by atoms with E-state index in [9.17, 15) is 0 Å². The summed E-state index contributed by atoms with van der Waals surface area (Å²) in [7, 11) is 0. The van der Waals surface area contributed by atoms with Gasteiger partial charge in [-0.25, -0.2) is 0 Å². The van der Waals surface area contributed by atoms with E-state index >= 15 is 0 Å². The molecule has 0 atom stereocenters. The molecule has 0 saturated heterocycles. The van der Waals surface area contributed by atoms with E-state index in [0.29, 0.717) is 11.8 Å². The van der Waals surface area contributed by atoms with Crippen LogP contribution in [0.5, 0.6) is 0 Å². The predicted molar refractivity (Wildman–Crippen MR) is 112 cm³/mol. The van der Waals surface area contributed by atoms with Gasteiger partial charge in [0.2, 0.25) is 0 Å². The molecule has 0 amide bonds. The molecule has 0 unspecified atom stereocenters. The lowest BCUT2D eigenvalue weighted by atomic mass is 9.89. The van der Waals surface area contributed by atoms with Crippen LogP contribution < -0.4 is 10.6 Å². The van der Waals surface area contributed by atoms with Gasteiger partial charge in [-0.1, -0.05) is 47.8 Å². The molecular weight excluding hydrogens is 326 g/mol. The maximum Gasteiger partial charge on any atom is 0.0730 e. The minimum Gasteiger partial charge on any atom is -0.381 e. The summed E-state index contributed by atoms with van der Waals surface area (Å²) >= 11 is 1.84. The maximum atomic E-state index is 4.53. The van der Waals surface area contributed by atoms with Crippen molar-refractivity contribution < 1.29 is 0 Å². The topological polar surface area (TPSA) is 37.0 Å². The first-order valence-electron chi connectivity index (χ1n) is 8.90. The summed E-state index contributed by atoms with van der Waals surface area (Å²) in [6, 6.07) is 4.12. The molecule has 1 aromatic heterocycles. The summed E-state index contributed by atoms with van der Waals surface area (Å²) in [5, 5.41) is 7.49. The third-order valence-electron chi connectivity index (χ3n) is 3.67. The van der Waals surface area contributed by atoms with Gasteiger partial charge in [0.05, 0.1) is 17.8 Å². The molecule has 0 saturated carbocycles. The Bertz CT molecular complexity index is 597. The van der Waals surface area contributed by atoms with E-state index in [2.05, 4.69) is 83.3 Å². The van der Waals surface area contributed by atoms with Crippen molar-refractivity contribution in [3.8, 4) is 0 Å². The van der Waals surface area contributed by atoms with Crippen molar-refractivity contribution >= 4 is 11.8 Å². The van der Waals surface area contributed by atoms with Crippen molar-refractivity contribution in [3.05, 3.63) is 48.6 Å². The minimum absolute atomic E-state index is 0.214. The van der Waals surface area contributed by atoms with E-state index in [-0.39, 0.29) is 11.0 Å². The van der Waals surface area contributed by atoms with E-state index < -0.39 is 0 Å². The molecule has 0 radical (unpaired) electrons. The Morgan fingerprint density at radius 2 is 1.84 bits per heavy atom. The standard InChI is InChI=1S/C21H35N3S/c1-15(2)25-19-11-10-12-22-18(19)14-23-17(4)21(8,9)24-16(3)13-20(5,6)7/h10-12,15,23-24H,3-4,13-14H2,1-2,5-9H3. The van der Waals surface area contributed by atoms with Crippen LogP contribution in [0.2, 0.25) is 0 Å². The monoisotopic (exact) mass is 361 g/mol. The van der Waals surface area contributed by atoms with Gasteiger partial charge in [0.1, 0.15) is 0 Å². The Kier molecular flexibility index (Phi) is 7.61. The number of thioether (sulfide) groups is 1.